The van der Waals surface area contributed by atoms with Crippen LogP contribution < -0.4 is 10.6 Å². The summed E-state index contributed by atoms with van der Waals surface area (Å²) in [7, 11) is 0. The van der Waals surface area contributed by atoms with Crippen LogP contribution in [0.3, 0.4) is 0 Å². The number of fused-ring (bicyclic) bond motifs is 1. The van der Waals surface area contributed by atoms with Crippen LogP contribution in [-0.4, -0.2) is 25.0 Å². The predicted molar refractivity (Wildman–Crippen MR) is 108 cm³/mol. The fourth-order valence-corrected chi connectivity index (χ4v) is 3.53. The van der Waals surface area contributed by atoms with Gasteiger partial charge >= 0.3 is 6.01 Å². The Morgan fingerprint density at radius 2 is 1.81 bits per heavy atom. The Morgan fingerprint density at radius 1 is 1.00 bits per heavy atom. The topological polar surface area (TPSA) is 95.9 Å². The molecule has 136 valence electrons. The largest absolute Gasteiger partial charge is 0.479 e. The molecule has 3 N–H and O–H groups in total. The quantitative estimate of drug-likeness (QED) is 0.465. The molecule has 4 aromatic rings. The van der Waals surface area contributed by atoms with Crippen LogP contribution in [0.4, 0.5) is 17.6 Å². The third-order valence-electron chi connectivity index (χ3n) is 4.15. The normalized spacial score (nSPS) is 10.9. The minimum Gasteiger partial charge on any atom is -0.479 e. The highest BCUT2D eigenvalue weighted by molar-refractivity contribution is 7.16. The Morgan fingerprint density at radius 3 is 2.67 bits per heavy atom. The van der Waals surface area contributed by atoms with Crippen molar-refractivity contribution in [1.82, 2.24) is 19.9 Å². The van der Waals surface area contributed by atoms with Gasteiger partial charge in [0.15, 0.2) is 0 Å². The maximum Gasteiger partial charge on any atom is 0.320 e. The predicted octanol–water partition coefficient (Wildman–Crippen LogP) is 4.11. The van der Waals surface area contributed by atoms with Crippen LogP contribution in [0.1, 0.15) is 18.1 Å². The third-order valence-corrected chi connectivity index (χ3v) is 4.94. The van der Waals surface area contributed by atoms with E-state index in [-0.39, 0.29) is 12.0 Å². The minimum absolute atomic E-state index is 0.276. The molecule has 0 aliphatic heterocycles. The lowest BCUT2D eigenvalue weighted by atomic mass is 10.1. The van der Waals surface area contributed by atoms with Crippen molar-refractivity contribution in [2.75, 3.05) is 10.6 Å². The Kier molecular flexibility index (Phi) is 4.80. The van der Waals surface area contributed by atoms with Gasteiger partial charge in [-0.1, -0.05) is 31.2 Å². The second-order valence-corrected chi connectivity index (χ2v) is 6.80. The van der Waals surface area contributed by atoms with Crippen LogP contribution in [0.15, 0.2) is 48.0 Å². The Labute approximate surface area is 160 Å². The number of aryl methyl sites for hydroxylation is 1. The number of benzene rings is 2. The summed E-state index contributed by atoms with van der Waals surface area (Å²) >= 11 is 1.56. The van der Waals surface area contributed by atoms with Crippen molar-refractivity contribution in [2.45, 2.75) is 19.9 Å². The zero-order valence-electron chi connectivity index (χ0n) is 14.7. The molecule has 0 unspecified atom stereocenters. The average Bonchev–Trinajstić information content (AvgIpc) is 3.14. The summed E-state index contributed by atoms with van der Waals surface area (Å²) < 4.78 is 1.06. The van der Waals surface area contributed by atoms with Gasteiger partial charge in [-0.15, -0.1) is 11.3 Å². The Bertz CT molecular complexity index is 1080. The molecule has 0 aliphatic rings. The van der Waals surface area contributed by atoms with E-state index in [0.29, 0.717) is 12.5 Å². The molecule has 0 amide bonds. The summed E-state index contributed by atoms with van der Waals surface area (Å²) in [5.41, 5.74) is 6.00. The maximum absolute atomic E-state index is 9.86. The summed E-state index contributed by atoms with van der Waals surface area (Å²) in [6.45, 7) is 2.69. The molecule has 0 saturated heterocycles. The summed E-state index contributed by atoms with van der Waals surface area (Å²) in [5, 5.41) is 16.1. The van der Waals surface area contributed by atoms with Gasteiger partial charge in [0.2, 0.25) is 11.9 Å². The maximum atomic E-state index is 9.86. The van der Waals surface area contributed by atoms with E-state index >= 15 is 0 Å². The number of aromatic nitrogens is 4. The first-order chi connectivity index (χ1) is 13.2. The minimum atomic E-state index is -0.336. The fourth-order valence-electron chi connectivity index (χ4n) is 2.81. The van der Waals surface area contributed by atoms with E-state index in [1.165, 1.54) is 11.1 Å². The smallest absolute Gasteiger partial charge is 0.320 e. The van der Waals surface area contributed by atoms with Crippen LogP contribution in [-0.2, 0) is 13.0 Å². The van der Waals surface area contributed by atoms with Crippen molar-refractivity contribution in [3.8, 4) is 6.01 Å². The van der Waals surface area contributed by atoms with E-state index in [4.69, 9.17) is 0 Å². The first-order valence-corrected chi connectivity index (χ1v) is 9.45. The number of nitrogens with one attached hydrogen (secondary N) is 2. The molecule has 27 heavy (non-hydrogen) atoms. The Hall–Kier alpha value is -3.26. The molecular weight excluding hydrogens is 360 g/mol. The van der Waals surface area contributed by atoms with Crippen LogP contribution in [0.2, 0.25) is 0 Å². The van der Waals surface area contributed by atoms with E-state index in [1.807, 2.05) is 30.3 Å². The van der Waals surface area contributed by atoms with Gasteiger partial charge < -0.3 is 15.7 Å². The van der Waals surface area contributed by atoms with Gasteiger partial charge in [-0.05, 0) is 35.7 Å². The molecule has 2 heterocycles. The van der Waals surface area contributed by atoms with Gasteiger partial charge in [0.25, 0.3) is 0 Å². The summed E-state index contributed by atoms with van der Waals surface area (Å²) in [5.74, 6) is 0.590. The van der Waals surface area contributed by atoms with E-state index in [2.05, 4.69) is 49.6 Å². The summed E-state index contributed by atoms with van der Waals surface area (Å²) in [6, 6.07) is 13.7. The van der Waals surface area contributed by atoms with Crippen LogP contribution >= 0.6 is 11.3 Å². The van der Waals surface area contributed by atoms with Crippen molar-refractivity contribution < 1.29 is 5.11 Å². The molecule has 0 spiro atoms. The SMILES string of the molecule is CCc1ccccc1CNc1nc(O)nc(Nc2ccc3ncsc3c2)n1. The number of nitrogens with zero attached hydrogens (tertiary/aromatic N) is 4. The van der Waals surface area contributed by atoms with Gasteiger partial charge in [0, 0.05) is 12.2 Å². The lowest BCUT2D eigenvalue weighted by molar-refractivity contribution is 0.430. The molecule has 7 nitrogen and oxygen atoms in total. The highest BCUT2D eigenvalue weighted by atomic mass is 32.1. The molecule has 0 radical (unpaired) electrons. The molecule has 8 heteroatoms. The van der Waals surface area contributed by atoms with Crippen molar-refractivity contribution in [3.63, 3.8) is 0 Å². The van der Waals surface area contributed by atoms with Gasteiger partial charge in [-0.3, -0.25) is 0 Å². The number of hydrogen-bond acceptors (Lipinski definition) is 8. The first-order valence-electron chi connectivity index (χ1n) is 8.57. The fraction of sp³-hybridized carbons (Fsp3) is 0.158. The van der Waals surface area contributed by atoms with Crippen molar-refractivity contribution in [3.05, 3.63) is 59.1 Å². The number of rotatable bonds is 6. The zero-order chi connectivity index (χ0) is 18.6. The molecule has 0 fully saturated rings. The average molecular weight is 378 g/mol. The number of hydrogen-bond donors (Lipinski definition) is 3. The standard InChI is InChI=1S/C19H18N6OS/c1-2-12-5-3-4-6-13(12)10-20-17-23-18(25-19(26)24-17)22-14-7-8-15-16(9-14)27-11-21-15/h3-9,11H,2,10H2,1H3,(H3,20,22,23,24,25,26). The lowest BCUT2D eigenvalue weighted by Crippen LogP contribution is -2.08. The molecule has 2 aromatic heterocycles. The lowest BCUT2D eigenvalue weighted by Gasteiger charge is -2.10. The van der Waals surface area contributed by atoms with Crippen molar-refractivity contribution in [2.24, 2.45) is 0 Å². The van der Waals surface area contributed by atoms with Crippen LogP contribution in [0, 0.1) is 0 Å². The highest BCUT2D eigenvalue weighted by Crippen LogP contribution is 2.24. The summed E-state index contributed by atoms with van der Waals surface area (Å²) in [4.78, 5) is 16.5. The second-order valence-electron chi connectivity index (χ2n) is 5.92. The molecule has 4 rings (SSSR count). The Balaban J connectivity index is 1.52. The van der Waals surface area contributed by atoms with Crippen molar-refractivity contribution in [1.29, 1.82) is 0 Å². The van der Waals surface area contributed by atoms with Crippen LogP contribution in [0.25, 0.3) is 10.2 Å². The molecule has 0 atom stereocenters. The van der Waals surface area contributed by atoms with E-state index in [9.17, 15) is 5.11 Å². The number of aromatic hydroxyl groups is 1. The molecule has 0 aliphatic carbocycles. The second kappa shape index (κ2) is 7.55. The monoisotopic (exact) mass is 378 g/mol. The van der Waals surface area contributed by atoms with Crippen molar-refractivity contribution >= 4 is 39.1 Å². The van der Waals surface area contributed by atoms with Gasteiger partial charge in [0.1, 0.15) is 0 Å². The zero-order valence-corrected chi connectivity index (χ0v) is 15.5. The van der Waals surface area contributed by atoms with Gasteiger partial charge in [0.05, 0.1) is 15.7 Å². The van der Waals surface area contributed by atoms with E-state index < -0.39 is 0 Å². The van der Waals surface area contributed by atoms with Gasteiger partial charge in [-0.25, -0.2) is 4.98 Å². The number of anilines is 3. The first kappa shape index (κ1) is 17.2. The molecule has 0 bridgehead atoms. The summed E-state index contributed by atoms with van der Waals surface area (Å²) in [6.07, 6.45) is 0.952. The molecular formula is C19H18N6OS. The van der Waals surface area contributed by atoms with E-state index in [1.54, 1.807) is 16.8 Å². The molecule has 2 aromatic carbocycles. The molecule has 0 saturated carbocycles. The highest BCUT2D eigenvalue weighted by Gasteiger charge is 2.08. The van der Waals surface area contributed by atoms with Crippen LogP contribution in [0.5, 0.6) is 6.01 Å². The number of thiazole rings is 1. The van der Waals surface area contributed by atoms with E-state index in [0.717, 1.165) is 22.3 Å². The van der Waals surface area contributed by atoms with Gasteiger partial charge in [-0.2, -0.15) is 15.0 Å². The third kappa shape index (κ3) is 3.95.